The van der Waals surface area contributed by atoms with E-state index >= 15 is 0 Å². The van der Waals surface area contributed by atoms with Crippen LogP contribution >= 0.6 is 50.7 Å². The van der Waals surface area contributed by atoms with Crippen molar-refractivity contribution in [2.45, 2.75) is 17.2 Å². The van der Waals surface area contributed by atoms with Crippen molar-refractivity contribution in [1.29, 1.82) is 5.26 Å². The molecule has 0 amide bonds. The van der Waals surface area contributed by atoms with Crippen molar-refractivity contribution in [2.24, 2.45) is 0 Å². The van der Waals surface area contributed by atoms with Crippen molar-refractivity contribution in [3.63, 3.8) is 0 Å². The Labute approximate surface area is 206 Å². The second-order valence-corrected chi connectivity index (χ2v) is 10.4. The molecule has 2 aromatic carbocycles. The SMILES string of the molecule is N#CC1=C(S(=O)(=O)C(F)(F)F)c2c(Br)cccc2N(c2c(Cl)cc(C(F)(F)F)cc2Cl)C1Cl. The van der Waals surface area contributed by atoms with E-state index in [2.05, 4.69) is 15.9 Å². The van der Waals surface area contributed by atoms with Crippen molar-refractivity contribution in [2.75, 3.05) is 4.90 Å². The Balaban J connectivity index is 2.43. The first-order chi connectivity index (χ1) is 15.0. The Morgan fingerprint density at radius 3 is 2.06 bits per heavy atom. The Morgan fingerprint density at radius 2 is 1.61 bits per heavy atom. The highest BCUT2D eigenvalue weighted by Crippen LogP contribution is 2.53. The van der Waals surface area contributed by atoms with E-state index in [0.717, 1.165) is 11.0 Å². The van der Waals surface area contributed by atoms with Gasteiger partial charge in [-0.2, -0.15) is 31.6 Å². The molecule has 0 fully saturated rings. The van der Waals surface area contributed by atoms with Crippen LogP contribution in [0.15, 0.2) is 40.4 Å². The number of rotatable bonds is 2. The molecule has 0 radical (unpaired) electrons. The van der Waals surface area contributed by atoms with Crippen LogP contribution in [0.2, 0.25) is 10.0 Å². The van der Waals surface area contributed by atoms with E-state index in [4.69, 9.17) is 34.8 Å². The van der Waals surface area contributed by atoms with E-state index in [1.807, 2.05) is 0 Å². The number of anilines is 2. The number of fused-ring (bicyclic) bond motifs is 1. The van der Waals surface area contributed by atoms with E-state index < -0.39 is 58.7 Å². The topological polar surface area (TPSA) is 61.2 Å². The molecule has 1 aliphatic heterocycles. The normalized spacial score (nSPS) is 17.1. The van der Waals surface area contributed by atoms with Gasteiger partial charge in [-0.25, -0.2) is 8.42 Å². The van der Waals surface area contributed by atoms with Crippen LogP contribution in [-0.4, -0.2) is 19.4 Å². The number of benzene rings is 2. The third kappa shape index (κ3) is 4.30. The lowest BCUT2D eigenvalue weighted by Gasteiger charge is -2.37. The van der Waals surface area contributed by atoms with Crippen molar-refractivity contribution >= 4 is 76.8 Å². The third-order valence-electron chi connectivity index (χ3n) is 4.47. The highest BCUT2D eigenvalue weighted by Gasteiger charge is 2.53. The van der Waals surface area contributed by atoms with E-state index in [9.17, 15) is 40.0 Å². The Hall–Kier alpha value is -1.65. The second kappa shape index (κ2) is 8.53. The fourth-order valence-corrected chi connectivity index (χ4v) is 6.07. The molecule has 15 heteroatoms. The molecule has 2 aromatic rings. The average Bonchev–Trinajstić information content (AvgIpc) is 2.66. The van der Waals surface area contributed by atoms with Crippen LogP contribution in [0.5, 0.6) is 0 Å². The van der Waals surface area contributed by atoms with Crippen LogP contribution < -0.4 is 4.90 Å². The van der Waals surface area contributed by atoms with Gasteiger partial charge in [0.25, 0.3) is 9.84 Å². The minimum atomic E-state index is -6.08. The van der Waals surface area contributed by atoms with Crippen molar-refractivity contribution in [1.82, 2.24) is 0 Å². The monoisotopic (exact) mass is 612 g/mol. The first-order valence-corrected chi connectivity index (χ1v) is 11.7. The number of hydrogen-bond donors (Lipinski definition) is 0. The maximum absolute atomic E-state index is 13.4. The third-order valence-corrected chi connectivity index (χ3v) is 7.69. The Morgan fingerprint density at radius 1 is 1.06 bits per heavy atom. The van der Waals surface area contributed by atoms with Gasteiger partial charge in [0, 0.05) is 10.0 Å². The summed E-state index contributed by atoms with van der Waals surface area (Å²) in [6, 6.07) is 6.07. The summed E-state index contributed by atoms with van der Waals surface area (Å²) in [6.07, 6.45) is -4.82. The molecule has 33 heavy (non-hydrogen) atoms. The van der Waals surface area contributed by atoms with Crippen LogP contribution in [-0.2, 0) is 16.0 Å². The number of nitrogens with zero attached hydrogens (tertiary/aromatic N) is 2. The molecule has 0 saturated heterocycles. The number of nitriles is 1. The highest BCUT2D eigenvalue weighted by atomic mass is 79.9. The Kier molecular flexibility index (Phi) is 6.71. The van der Waals surface area contributed by atoms with E-state index in [-0.39, 0.29) is 15.8 Å². The molecule has 0 saturated carbocycles. The van der Waals surface area contributed by atoms with Gasteiger partial charge < -0.3 is 4.90 Å². The summed E-state index contributed by atoms with van der Waals surface area (Å²) in [6.45, 7) is 0. The summed E-state index contributed by atoms with van der Waals surface area (Å²) in [5, 5.41) is 8.37. The molecule has 1 atom stereocenters. The molecule has 3 rings (SSSR count). The smallest absolute Gasteiger partial charge is 0.316 e. The maximum Gasteiger partial charge on any atom is 0.501 e. The van der Waals surface area contributed by atoms with Gasteiger partial charge in [-0.15, -0.1) is 0 Å². The number of halogens is 10. The molecule has 1 unspecified atom stereocenters. The molecule has 1 aliphatic rings. The number of hydrogen-bond acceptors (Lipinski definition) is 4. The van der Waals surface area contributed by atoms with Gasteiger partial charge in [0.05, 0.1) is 38.6 Å². The van der Waals surface area contributed by atoms with Gasteiger partial charge in [0.1, 0.15) is 10.4 Å². The molecule has 0 aromatic heterocycles. The van der Waals surface area contributed by atoms with Crippen LogP contribution in [0, 0.1) is 11.3 Å². The predicted octanol–water partition coefficient (Wildman–Crippen LogP) is 7.66. The van der Waals surface area contributed by atoms with E-state index in [1.54, 1.807) is 0 Å². The largest absolute Gasteiger partial charge is 0.501 e. The molecule has 176 valence electrons. The lowest BCUT2D eigenvalue weighted by molar-refractivity contribution is -0.137. The van der Waals surface area contributed by atoms with Gasteiger partial charge in [-0.05, 0) is 24.3 Å². The molecule has 0 aliphatic carbocycles. The van der Waals surface area contributed by atoms with Gasteiger partial charge in [0.2, 0.25) is 0 Å². The van der Waals surface area contributed by atoms with Crippen LogP contribution in [0.4, 0.5) is 37.7 Å². The summed E-state index contributed by atoms with van der Waals surface area (Å²) in [5.74, 6) is 0. The van der Waals surface area contributed by atoms with E-state index in [0.29, 0.717) is 12.1 Å². The summed E-state index contributed by atoms with van der Waals surface area (Å²) < 4.78 is 104. The standard InChI is InChI=1S/C18H6BrCl3F6N2O2S/c19-9-2-1-3-12-13(9)15(33(31,32)18(26,27)28)8(6-29)16(22)30(12)14-10(20)4-7(5-11(14)21)17(23,24)25/h1-5,16H. The zero-order valence-corrected chi connectivity index (χ0v) is 20.0. The minimum Gasteiger partial charge on any atom is -0.316 e. The number of alkyl halides is 7. The summed E-state index contributed by atoms with van der Waals surface area (Å²) >= 11 is 21.3. The molecule has 0 N–H and O–H groups in total. The van der Waals surface area contributed by atoms with Crippen molar-refractivity contribution in [3.05, 3.63) is 61.5 Å². The zero-order valence-electron chi connectivity index (χ0n) is 15.4. The van der Waals surface area contributed by atoms with Crippen molar-refractivity contribution in [3.8, 4) is 6.07 Å². The van der Waals surface area contributed by atoms with E-state index in [1.165, 1.54) is 18.2 Å². The number of sulfone groups is 1. The van der Waals surface area contributed by atoms with Crippen LogP contribution in [0.1, 0.15) is 11.1 Å². The fourth-order valence-electron chi connectivity index (χ4n) is 3.12. The molecular weight excluding hydrogens is 609 g/mol. The quantitative estimate of drug-likeness (QED) is 0.198. The summed E-state index contributed by atoms with van der Waals surface area (Å²) in [4.78, 5) is -0.504. The fraction of sp³-hybridized carbons (Fsp3) is 0.167. The van der Waals surface area contributed by atoms with Gasteiger partial charge in [-0.1, -0.05) is 56.8 Å². The predicted molar refractivity (Wildman–Crippen MR) is 115 cm³/mol. The first kappa shape index (κ1) is 26.0. The minimum absolute atomic E-state index is 0.164. The summed E-state index contributed by atoms with van der Waals surface area (Å²) in [7, 11) is -6.08. The summed E-state index contributed by atoms with van der Waals surface area (Å²) in [5.41, 5.74) is -11.2. The highest BCUT2D eigenvalue weighted by molar-refractivity contribution is 9.10. The lowest BCUT2D eigenvalue weighted by Crippen LogP contribution is -2.36. The molecule has 0 bridgehead atoms. The molecule has 0 spiro atoms. The molecular formula is C18H6BrCl3F6N2O2S. The lowest BCUT2D eigenvalue weighted by atomic mass is 10.0. The van der Waals surface area contributed by atoms with Crippen LogP contribution in [0.3, 0.4) is 0 Å². The van der Waals surface area contributed by atoms with Crippen LogP contribution in [0.25, 0.3) is 4.91 Å². The average molecular weight is 615 g/mol. The Bertz CT molecular complexity index is 1310. The zero-order chi connectivity index (χ0) is 25.1. The van der Waals surface area contributed by atoms with Crippen molar-refractivity contribution < 1.29 is 34.8 Å². The van der Waals surface area contributed by atoms with Gasteiger partial charge >= 0.3 is 11.7 Å². The first-order valence-electron chi connectivity index (χ1n) is 8.28. The maximum atomic E-state index is 13.4. The second-order valence-electron chi connectivity index (χ2n) is 6.43. The van der Waals surface area contributed by atoms with Gasteiger partial charge in [0.15, 0.2) is 0 Å². The molecule has 4 nitrogen and oxygen atoms in total. The van der Waals surface area contributed by atoms with Gasteiger partial charge in [-0.3, -0.25) is 0 Å². The molecule has 1 heterocycles.